The summed E-state index contributed by atoms with van der Waals surface area (Å²) in [6.45, 7) is 8.73. The van der Waals surface area contributed by atoms with Gasteiger partial charge in [-0.2, -0.15) is 0 Å². The molecule has 0 amide bonds. The van der Waals surface area contributed by atoms with Crippen molar-refractivity contribution >= 4 is 11.4 Å². The fourth-order valence-corrected chi connectivity index (χ4v) is 2.74. The number of nitrogens with two attached hydrogens (primary N) is 1. The van der Waals surface area contributed by atoms with E-state index in [1.165, 1.54) is 18.5 Å². The van der Waals surface area contributed by atoms with E-state index in [4.69, 9.17) is 10.5 Å². The van der Waals surface area contributed by atoms with Gasteiger partial charge >= 0.3 is 0 Å². The molecule has 0 unspecified atom stereocenters. The first-order valence-corrected chi connectivity index (χ1v) is 7.47. The third kappa shape index (κ3) is 2.80. The van der Waals surface area contributed by atoms with Gasteiger partial charge in [-0.15, -0.1) is 0 Å². The zero-order chi connectivity index (χ0) is 13.9. The zero-order valence-electron chi connectivity index (χ0n) is 12.4. The number of hydrogen-bond donors (Lipinski definition) is 1. The Balaban J connectivity index is 2.34. The predicted molar refractivity (Wildman–Crippen MR) is 81.9 cm³/mol. The summed E-state index contributed by atoms with van der Waals surface area (Å²) in [4.78, 5) is 2.47. The second-order valence-corrected chi connectivity index (χ2v) is 5.49. The predicted octanol–water partition coefficient (Wildman–Crippen LogP) is 3.83. The summed E-state index contributed by atoms with van der Waals surface area (Å²) < 4.78 is 6.29. The summed E-state index contributed by atoms with van der Waals surface area (Å²) in [5.74, 6) is 0.950. The standard InChI is InChI=1S/C16H26N2O/c1-4-7-10-18-12-16(5-2,6-3)19-15-11-13(17)8-9-14(15)18/h8-9,11H,4-7,10,12,17H2,1-3H3. The number of hydrogen-bond acceptors (Lipinski definition) is 3. The Bertz CT molecular complexity index is 427. The molecule has 3 heteroatoms. The van der Waals surface area contributed by atoms with Gasteiger partial charge in [0.05, 0.1) is 12.2 Å². The van der Waals surface area contributed by atoms with Crippen LogP contribution < -0.4 is 15.4 Å². The van der Waals surface area contributed by atoms with Gasteiger partial charge in [-0.25, -0.2) is 0 Å². The number of fused-ring (bicyclic) bond motifs is 1. The highest BCUT2D eigenvalue weighted by Gasteiger charge is 2.36. The van der Waals surface area contributed by atoms with Crippen LogP contribution in [0.15, 0.2) is 18.2 Å². The van der Waals surface area contributed by atoms with Gasteiger partial charge in [0.2, 0.25) is 0 Å². The first-order valence-electron chi connectivity index (χ1n) is 7.47. The van der Waals surface area contributed by atoms with Gasteiger partial charge in [0.15, 0.2) is 0 Å². The van der Waals surface area contributed by atoms with Crippen molar-refractivity contribution in [3.05, 3.63) is 18.2 Å². The van der Waals surface area contributed by atoms with Crippen LogP contribution in [0.25, 0.3) is 0 Å². The van der Waals surface area contributed by atoms with Crippen LogP contribution in [0.2, 0.25) is 0 Å². The topological polar surface area (TPSA) is 38.5 Å². The van der Waals surface area contributed by atoms with Crippen molar-refractivity contribution in [3.63, 3.8) is 0 Å². The molecule has 0 fully saturated rings. The molecule has 2 rings (SSSR count). The highest BCUT2D eigenvalue weighted by molar-refractivity contribution is 5.65. The van der Waals surface area contributed by atoms with E-state index in [2.05, 4.69) is 31.7 Å². The minimum Gasteiger partial charge on any atom is -0.483 e. The fourth-order valence-electron chi connectivity index (χ4n) is 2.74. The van der Waals surface area contributed by atoms with E-state index in [1.54, 1.807) is 0 Å². The summed E-state index contributed by atoms with van der Waals surface area (Å²) in [5.41, 5.74) is 7.81. The van der Waals surface area contributed by atoms with Crippen LogP contribution in [0.3, 0.4) is 0 Å². The maximum Gasteiger partial charge on any atom is 0.145 e. The summed E-state index contributed by atoms with van der Waals surface area (Å²) in [6, 6.07) is 6.02. The monoisotopic (exact) mass is 262 g/mol. The molecule has 1 aromatic carbocycles. The summed E-state index contributed by atoms with van der Waals surface area (Å²) in [6.07, 6.45) is 4.49. The first kappa shape index (κ1) is 14.0. The van der Waals surface area contributed by atoms with Crippen molar-refractivity contribution in [1.29, 1.82) is 0 Å². The molecule has 1 heterocycles. The molecule has 0 saturated heterocycles. The molecule has 0 radical (unpaired) electrons. The van der Waals surface area contributed by atoms with Crippen molar-refractivity contribution in [1.82, 2.24) is 0 Å². The molecule has 0 atom stereocenters. The van der Waals surface area contributed by atoms with Crippen molar-refractivity contribution < 1.29 is 4.74 Å². The van der Waals surface area contributed by atoms with E-state index in [9.17, 15) is 0 Å². The number of nitrogen functional groups attached to an aromatic ring is 1. The van der Waals surface area contributed by atoms with Crippen molar-refractivity contribution in [2.24, 2.45) is 0 Å². The summed E-state index contributed by atoms with van der Waals surface area (Å²) >= 11 is 0. The molecule has 3 nitrogen and oxygen atoms in total. The molecule has 1 aromatic rings. The Morgan fingerprint density at radius 1 is 1.26 bits per heavy atom. The fraction of sp³-hybridized carbons (Fsp3) is 0.625. The SMILES string of the molecule is CCCCN1CC(CC)(CC)Oc2cc(N)ccc21. The molecule has 106 valence electrons. The highest BCUT2D eigenvalue weighted by Crippen LogP contribution is 2.40. The van der Waals surface area contributed by atoms with Crippen LogP contribution in [0.1, 0.15) is 46.5 Å². The van der Waals surface area contributed by atoms with Gasteiger partial charge in [0.1, 0.15) is 11.4 Å². The molecule has 1 aliphatic rings. The Morgan fingerprint density at radius 3 is 2.63 bits per heavy atom. The lowest BCUT2D eigenvalue weighted by Crippen LogP contribution is -2.50. The lowest BCUT2D eigenvalue weighted by Gasteiger charge is -2.44. The minimum atomic E-state index is -0.0610. The summed E-state index contributed by atoms with van der Waals surface area (Å²) in [5, 5.41) is 0. The molecule has 0 spiro atoms. The molecular formula is C16H26N2O. The van der Waals surface area contributed by atoms with Gasteiger partial charge in [-0.1, -0.05) is 27.2 Å². The summed E-state index contributed by atoms with van der Waals surface area (Å²) in [7, 11) is 0. The number of unbranched alkanes of at least 4 members (excludes halogenated alkanes) is 1. The van der Waals surface area contributed by atoms with Crippen LogP contribution in [0, 0.1) is 0 Å². The van der Waals surface area contributed by atoms with E-state index >= 15 is 0 Å². The Hall–Kier alpha value is -1.38. The van der Waals surface area contributed by atoms with Crippen LogP contribution >= 0.6 is 0 Å². The maximum absolute atomic E-state index is 6.29. The molecule has 2 N–H and O–H groups in total. The average Bonchev–Trinajstić information content (AvgIpc) is 2.43. The Kier molecular flexibility index (Phi) is 4.23. The minimum absolute atomic E-state index is 0.0610. The number of rotatable bonds is 5. The number of anilines is 2. The molecule has 0 bridgehead atoms. The van der Waals surface area contributed by atoms with E-state index in [0.717, 1.165) is 37.4 Å². The molecule has 19 heavy (non-hydrogen) atoms. The molecule has 0 saturated carbocycles. The highest BCUT2D eigenvalue weighted by atomic mass is 16.5. The molecule has 0 aromatic heterocycles. The van der Waals surface area contributed by atoms with E-state index < -0.39 is 0 Å². The van der Waals surface area contributed by atoms with Gasteiger partial charge in [0.25, 0.3) is 0 Å². The Labute approximate surface area is 116 Å². The smallest absolute Gasteiger partial charge is 0.145 e. The quantitative estimate of drug-likeness (QED) is 0.820. The zero-order valence-corrected chi connectivity index (χ0v) is 12.4. The largest absolute Gasteiger partial charge is 0.483 e. The molecular weight excluding hydrogens is 236 g/mol. The van der Waals surface area contributed by atoms with Gasteiger partial charge < -0.3 is 15.4 Å². The van der Waals surface area contributed by atoms with Gasteiger partial charge in [-0.05, 0) is 31.4 Å². The van der Waals surface area contributed by atoms with E-state index in [1.807, 2.05) is 12.1 Å². The third-order valence-electron chi connectivity index (χ3n) is 4.20. The van der Waals surface area contributed by atoms with Crippen molar-refractivity contribution in [2.75, 3.05) is 23.7 Å². The Morgan fingerprint density at radius 2 is 2.00 bits per heavy atom. The van der Waals surface area contributed by atoms with Crippen LogP contribution in [-0.2, 0) is 0 Å². The van der Waals surface area contributed by atoms with Gasteiger partial charge in [-0.3, -0.25) is 0 Å². The molecule has 0 aliphatic carbocycles. The second-order valence-electron chi connectivity index (χ2n) is 5.49. The van der Waals surface area contributed by atoms with Crippen LogP contribution in [-0.4, -0.2) is 18.7 Å². The number of ether oxygens (including phenoxy) is 1. The van der Waals surface area contributed by atoms with Crippen molar-refractivity contribution in [2.45, 2.75) is 52.1 Å². The number of nitrogens with zero attached hydrogens (tertiary/aromatic N) is 1. The molecule has 1 aliphatic heterocycles. The lowest BCUT2D eigenvalue weighted by atomic mass is 9.93. The normalized spacial score (nSPS) is 16.9. The lowest BCUT2D eigenvalue weighted by molar-refractivity contribution is 0.0575. The van der Waals surface area contributed by atoms with E-state index in [0.29, 0.717) is 0 Å². The second kappa shape index (κ2) is 5.72. The first-order chi connectivity index (χ1) is 9.14. The van der Waals surface area contributed by atoms with Gasteiger partial charge in [0, 0.05) is 18.3 Å². The van der Waals surface area contributed by atoms with Crippen LogP contribution in [0.4, 0.5) is 11.4 Å². The number of benzene rings is 1. The van der Waals surface area contributed by atoms with E-state index in [-0.39, 0.29) is 5.60 Å². The van der Waals surface area contributed by atoms with Crippen LogP contribution in [0.5, 0.6) is 5.75 Å². The van der Waals surface area contributed by atoms with Crippen molar-refractivity contribution in [3.8, 4) is 5.75 Å². The average molecular weight is 262 g/mol. The third-order valence-corrected chi connectivity index (χ3v) is 4.20. The maximum atomic E-state index is 6.29.